The summed E-state index contributed by atoms with van der Waals surface area (Å²) in [5.74, 6) is -8.30. The second kappa shape index (κ2) is 11.7. The lowest BCUT2D eigenvalue weighted by atomic mass is 9.51. The van der Waals surface area contributed by atoms with E-state index in [1.807, 2.05) is 0 Å². The normalized spacial score (nSPS) is 27.7. The zero-order valence-corrected chi connectivity index (χ0v) is 27.1. The number of fused-ring (bicyclic) bond motifs is 4. The molecule has 4 amide bonds. The lowest BCUT2D eigenvalue weighted by Gasteiger charge is -2.49. The summed E-state index contributed by atoms with van der Waals surface area (Å²) in [6, 6.07) is 13.3. The fourth-order valence-electron chi connectivity index (χ4n) is 8.52. The van der Waals surface area contributed by atoms with Crippen molar-refractivity contribution in [3.8, 4) is 11.5 Å². The van der Waals surface area contributed by atoms with Gasteiger partial charge in [-0.2, -0.15) is 26.3 Å². The lowest BCUT2D eigenvalue weighted by molar-refractivity contribution is -0.143. The van der Waals surface area contributed by atoms with Gasteiger partial charge in [0.25, 0.3) is 0 Å². The Labute approximate surface area is 287 Å². The molecule has 2 saturated heterocycles. The maximum Gasteiger partial charge on any atom is 0.416 e. The molecule has 1 saturated carbocycles. The van der Waals surface area contributed by atoms with Crippen LogP contribution in [0.1, 0.15) is 49.3 Å². The number of carbonyl (C=O) groups is 4. The van der Waals surface area contributed by atoms with Crippen molar-refractivity contribution in [3.05, 3.63) is 95.1 Å². The number of hydrogen-bond acceptors (Lipinski definition) is 6. The molecule has 0 spiro atoms. The summed E-state index contributed by atoms with van der Waals surface area (Å²) in [5.41, 5.74) is -4.33. The highest BCUT2D eigenvalue weighted by molar-refractivity contribution is 6.25. The zero-order valence-electron chi connectivity index (χ0n) is 27.1. The van der Waals surface area contributed by atoms with Crippen molar-refractivity contribution in [2.75, 3.05) is 16.4 Å². The largest absolute Gasteiger partial charge is 0.504 e. The molecule has 266 valence electrons. The van der Waals surface area contributed by atoms with E-state index in [1.165, 1.54) is 6.07 Å². The molecular weight excluding hydrogens is 682 g/mol. The predicted octanol–water partition coefficient (Wildman–Crippen LogP) is 7.26. The van der Waals surface area contributed by atoms with Gasteiger partial charge >= 0.3 is 12.4 Å². The molecular formula is C37H30F6N2O6. The Morgan fingerprint density at radius 3 is 2.06 bits per heavy atom. The van der Waals surface area contributed by atoms with Crippen LogP contribution in [-0.4, -0.2) is 35.3 Å². The molecule has 2 heterocycles. The number of hydrogen-bond donors (Lipinski definition) is 1. The van der Waals surface area contributed by atoms with Crippen LogP contribution in [0.15, 0.2) is 78.4 Å². The first-order valence-corrected chi connectivity index (χ1v) is 16.2. The van der Waals surface area contributed by atoms with Gasteiger partial charge in [-0.3, -0.25) is 19.2 Å². The molecule has 6 atom stereocenters. The standard InChI is InChI=1S/C37H30F6N2O6/c1-3-51-28-13-18(9-12-27(28)46)30-23-10-11-24-29(25(23)17-26-32(48)45(34(50)35(26,30)2)21-7-5-4-6-8-21)33(49)44(31(24)47)22-15-19(36(38,39)40)14-20(16-22)37(41,42)43/h4-10,12-16,24-26,29-30,46H,3,11,17H2,1-2H3/t24-,25+,26-,29-,30-,35+/m0/s1. The minimum atomic E-state index is -5.21. The van der Waals surface area contributed by atoms with Crippen LogP contribution in [0.4, 0.5) is 37.7 Å². The van der Waals surface area contributed by atoms with Crippen LogP contribution in [0.25, 0.3) is 0 Å². The van der Waals surface area contributed by atoms with Crippen molar-refractivity contribution in [3.63, 3.8) is 0 Å². The monoisotopic (exact) mass is 712 g/mol. The Balaban J connectivity index is 1.36. The number of alkyl halides is 6. The topological polar surface area (TPSA) is 104 Å². The summed E-state index contributed by atoms with van der Waals surface area (Å²) in [5, 5.41) is 10.5. The van der Waals surface area contributed by atoms with Crippen LogP contribution in [0.2, 0.25) is 0 Å². The Bertz CT molecular complexity index is 1980. The van der Waals surface area contributed by atoms with Crippen molar-refractivity contribution in [1.29, 1.82) is 0 Å². The molecule has 2 aliphatic carbocycles. The lowest BCUT2D eigenvalue weighted by Crippen LogP contribution is -2.48. The third-order valence-electron chi connectivity index (χ3n) is 10.7. The molecule has 3 fully saturated rings. The highest BCUT2D eigenvalue weighted by atomic mass is 19.4. The van der Waals surface area contributed by atoms with Crippen LogP contribution in [-0.2, 0) is 31.5 Å². The smallest absolute Gasteiger partial charge is 0.416 e. The highest BCUT2D eigenvalue weighted by Gasteiger charge is 2.67. The van der Waals surface area contributed by atoms with Crippen molar-refractivity contribution < 1.29 is 55.4 Å². The summed E-state index contributed by atoms with van der Waals surface area (Å²) in [6.45, 7) is 3.54. The Morgan fingerprint density at radius 1 is 0.804 bits per heavy atom. The van der Waals surface area contributed by atoms with E-state index in [-0.39, 0.29) is 37.0 Å². The van der Waals surface area contributed by atoms with Crippen molar-refractivity contribution in [2.45, 2.75) is 45.0 Å². The first-order valence-electron chi connectivity index (χ1n) is 16.2. The van der Waals surface area contributed by atoms with Gasteiger partial charge in [0.1, 0.15) is 0 Å². The molecule has 2 aliphatic heterocycles. The molecule has 4 aliphatic rings. The van der Waals surface area contributed by atoms with Gasteiger partial charge in [0.05, 0.1) is 52.3 Å². The number of amides is 4. The van der Waals surface area contributed by atoms with Gasteiger partial charge < -0.3 is 9.84 Å². The third kappa shape index (κ3) is 5.20. The molecule has 8 nitrogen and oxygen atoms in total. The van der Waals surface area contributed by atoms with E-state index in [2.05, 4.69) is 0 Å². The molecule has 0 aromatic heterocycles. The number of phenolic OH excluding ortho intramolecular Hbond substituents is 1. The van der Waals surface area contributed by atoms with Crippen molar-refractivity contribution in [2.24, 2.45) is 29.1 Å². The first-order chi connectivity index (χ1) is 24.0. The van der Waals surface area contributed by atoms with Gasteiger partial charge in [-0.1, -0.05) is 35.9 Å². The summed E-state index contributed by atoms with van der Waals surface area (Å²) < 4.78 is 88.2. The molecule has 0 radical (unpaired) electrons. The van der Waals surface area contributed by atoms with Gasteiger partial charge in [-0.25, -0.2) is 9.80 Å². The van der Waals surface area contributed by atoms with Gasteiger partial charge in [-0.05, 0) is 80.6 Å². The number of ether oxygens (including phenoxy) is 1. The van der Waals surface area contributed by atoms with E-state index in [0.717, 1.165) is 4.90 Å². The number of phenols is 1. The predicted molar refractivity (Wildman–Crippen MR) is 169 cm³/mol. The Hall–Kier alpha value is -5.14. The molecule has 3 aromatic rings. The van der Waals surface area contributed by atoms with E-state index < -0.39 is 87.8 Å². The fourth-order valence-corrected chi connectivity index (χ4v) is 8.52. The van der Waals surface area contributed by atoms with Crippen LogP contribution < -0.4 is 14.5 Å². The number of nitrogens with zero attached hydrogens (tertiary/aromatic N) is 2. The Morgan fingerprint density at radius 2 is 1.45 bits per heavy atom. The van der Waals surface area contributed by atoms with Crippen molar-refractivity contribution in [1.82, 2.24) is 0 Å². The van der Waals surface area contributed by atoms with Crippen LogP contribution in [0, 0.1) is 29.1 Å². The summed E-state index contributed by atoms with van der Waals surface area (Å²) >= 11 is 0. The third-order valence-corrected chi connectivity index (χ3v) is 10.7. The first kappa shape index (κ1) is 34.3. The quantitative estimate of drug-likeness (QED) is 0.170. The summed E-state index contributed by atoms with van der Waals surface area (Å²) in [6.07, 6.45) is -8.92. The summed E-state index contributed by atoms with van der Waals surface area (Å²) in [4.78, 5) is 58.3. The molecule has 51 heavy (non-hydrogen) atoms. The van der Waals surface area contributed by atoms with Crippen LogP contribution >= 0.6 is 0 Å². The maximum atomic E-state index is 14.5. The average Bonchev–Trinajstić information content (AvgIpc) is 3.44. The minimum absolute atomic E-state index is 0.0802. The number of benzene rings is 3. The van der Waals surface area contributed by atoms with Gasteiger partial charge in [0.15, 0.2) is 11.5 Å². The number of halogens is 6. The molecule has 0 unspecified atom stereocenters. The number of anilines is 2. The van der Waals surface area contributed by atoms with Crippen LogP contribution in [0.3, 0.4) is 0 Å². The highest BCUT2D eigenvalue weighted by Crippen LogP contribution is 2.64. The van der Waals surface area contributed by atoms with E-state index >= 15 is 0 Å². The molecule has 3 aromatic carbocycles. The fraction of sp³-hybridized carbons (Fsp3) is 0.351. The number of imide groups is 2. The van der Waals surface area contributed by atoms with E-state index in [4.69, 9.17) is 4.74 Å². The zero-order chi connectivity index (χ0) is 36.8. The molecule has 7 rings (SSSR count). The number of para-hydroxylation sites is 1. The Kier molecular flexibility index (Phi) is 7.88. The number of carbonyl (C=O) groups excluding carboxylic acids is 4. The summed E-state index contributed by atoms with van der Waals surface area (Å²) in [7, 11) is 0. The number of allylic oxidation sites excluding steroid dienone is 2. The van der Waals surface area contributed by atoms with Gasteiger partial charge in [0.2, 0.25) is 23.6 Å². The van der Waals surface area contributed by atoms with E-state index in [9.17, 15) is 50.6 Å². The molecule has 1 N–H and O–H groups in total. The van der Waals surface area contributed by atoms with Gasteiger partial charge in [-0.15, -0.1) is 0 Å². The van der Waals surface area contributed by atoms with Crippen LogP contribution in [0.5, 0.6) is 11.5 Å². The second-order valence-corrected chi connectivity index (χ2v) is 13.4. The van der Waals surface area contributed by atoms with E-state index in [0.29, 0.717) is 33.9 Å². The molecule has 0 bridgehead atoms. The van der Waals surface area contributed by atoms with Gasteiger partial charge in [0, 0.05) is 5.92 Å². The second-order valence-electron chi connectivity index (χ2n) is 13.4. The maximum absolute atomic E-state index is 14.5. The molecule has 14 heteroatoms. The SMILES string of the molecule is CCOc1cc([C@H]2C3=CC[C@@H]4C(=O)N(c5cc(C(F)(F)F)cc(C(F)(F)F)c5)C(=O)[C@@H]4[C@@H]3C[C@H]3C(=O)N(c4ccccc4)C(=O)[C@@]23C)ccc1O. The minimum Gasteiger partial charge on any atom is -0.504 e. The van der Waals surface area contributed by atoms with E-state index in [1.54, 1.807) is 62.4 Å². The number of rotatable bonds is 5. The number of aromatic hydroxyl groups is 1. The average molecular weight is 713 g/mol. The van der Waals surface area contributed by atoms with Crippen molar-refractivity contribution >= 4 is 35.0 Å².